The minimum absolute atomic E-state index is 0.269. The van der Waals surface area contributed by atoms with Gasteiger partial charge in [0.15, 0.2) is 0 Å². The molecule has 0 saturated heterocycles. The van der Waals surface area contributed by atoms with E-state index >= 15 is 0 Å². The van der Waals surface area contributed by atoms with Gasteiger partial charge in [0.05, 0.1) is 0 Å². The fourth-order valence-electron chi connectivity index (χ4n) is 2.96. The number of hydrogen-bond donors (Lipinski definition) is 3. The first-order valence-corrected chi connectivity index (χ1v) is 6.82. The van der Waals surface area contributed by atoms with Crippen LogP contribution in [0.1, 0.15) is 19.3 Å². The maximum Gasteiger partial charge on any atom is 0.134 e. The number of nitrogens with one attached hydrogen (secondary N) is 1. The average Bonchev–Trinajstić information content (AvgIpc) is 2.87. The summed E-state index contributed by atoms with van der Waals surface area (Å²) in [5, 5.41) is 15.2. The van der Waals surface area contributed by atoms with Crippen molar-refractivity contribution >= 4 is 16.6 Å². The normalized spacial score (nSPS) is 22.8. The Labute approximate surface area is 112 Å². The van der Waals surface area contributed by atoms with Gasteiger partial charge in [0.1, 0.15) is 11.6 Å². The van der Waals surface area contributed by atoms with E-state index in [-0.39, 0.29) is 5.75 Å². The molecule has 4 N–H and O–H groups in total. The molecule has 0 aliphatic heterocycles. The number of rotatable bonds is 3. The van der Waals surface area contributed by atoms with Crippen molar-refractivity contribution in [3.05, 3.63) is 30.5 Å². The summed E-state index contributed by atoms with van der Waals surface area (Å²) in [6.45, 7) is 0.716. The zero-order valence-corrected chi connectivity index (χ0v) is 10.8. The predicted octanol–water partition coefficient (Wildman–Crippen LogP) is 2.48. The highest BCUT2D eigenvalue weighted by molar-refractivity contribution is 5.92. The van der Waals surface area contributed by atoms with Crippen molar-refractivity contribution in [1.82, 2.24) is 4.98 Å². The molecule has 19 heavy (non-hydrogen) atoms. The number of hydrogen-bond acceptors (Lipinski definition) is 4. The van der Waals surface area contributed by atoms with Crippen LogP contribution in [0.3, 0.4) is 0 Å². The van der Waals surface area contributed by atoms with Gasteiger partial charge in [-0.3, -0.25) is 0 Å². The van der Waals surface area contributed by atoms with E-state index in [0.29, 0.717) is 18.5 Å². The fourth-order valence-corrected chi connectivity index (χ4v) is 2.96. The van der Waals surface area contributed by atoms with Gasteiger partial charge < -0.3 is 16.2 Å². The quantitative estimate of drug-likeness (QED) is 0.790. The van der Waals surface area contributed by atoms with Crippen LogP contribution in [-0.4, -0.2) is 22.7 Å². The third-order valence-corrected chi connectivity index (χ3v) is 4.03. The SMILES string of the molecule is NCC1CCCC1Nc1nccc2ccc(O)cc12. The molecule has 1 aliphatic carbocycles. The molecular weight excluding hydrogens is 238 g/mol. The Morgan fingerprint density at radius 1 is 1.32 bits per heavy atom. The highest BCUT2D eigenvalue weighted by Gasteiger charge is 2.26. The molecule has 1 aliphatic rings. The maximum atomic E-state index is 9.64. The molecule has 1 saturated carbocycles. The molecule has 1 heterocycles. The summed E-state index contributed by atoms with van der Waals surface area (Å²) in [6.07, 6.45) is 5.34. The largest absolute Gasteiger partial charge is 0.508 e. The molecule has 2 unspecified atom stereocenters. The molecule has 2 aromatic rings. The first kappa shape index (κ1) is 12.2. The summed E-state index contributed by atoms with van der Waals surface area (Å²) < 4.78 is 0. The lowest BCUT2D eigenvalue weighted by atomic mass is 10.0. The average molecular weight is 257 g/mol. The monoisotopic (exact) mass is 257 g/mol. The summed E-state index contributed by atoms with van der Waals surface area (Å²) in [5.41, 5.74) is 5.81. The van der Waals surface area contributed by atoms with Crippen molar-refractivity contribution in [2.24, 2.45) is 11.7 Å². The maximum absolute atomic E-state index is 9.64. The Balaban J connectivity index is 1.94. The number of nitrogens with two attached hydrogens (primary N) is 1. The van der Waals surface area contributed by atoms with Crippen LogP contribution in [0, 0.1) is 5.92 Å². The number of aromatic nitrogens is 1. The van der Waals surface area contributed by atoms with Gasteiger partial charge in [-0.15, -0.1) is 0 Å². The summed E-state index contributed by atoms with van der Waals surface area (Å²) in [5.74, 6) is 1.64. The molecule has 1 aromatic carbocycles. The molecule has 4 nitrogen and oxygen atoms in total. The third-order valence-electron chi connectivity index (χ3n) is 4.03. The molecular formula is C15H19N3O. The summed E-state index contributed by atoms with van der Waals surface area (Å²) in [7, 11) is 0. The Morgan fingerprint density at radius 3 is 3.05 bits per heavy atom. The van der Waals surface area contributed by atoms with Crippen LogP contribution >= 0.6 is 0 Å². The second-order valence-corrected chi connectivity index (χ2v) is 5.24. The van der Waals surface area contributed by atoms with Crippen molar-refractivity contribution in [1.29, 1.82) is 0 Å². The first-order chi connectivity index (χ1) is 9.28. The first-order valence-electron chi connectivity index (χ1n) is 6.82. The molecule has 1 aromatic heterocycles. The molecule has 100 valence electrons. The lowest BCUT2D eigenvalue weighted by Gasteiger charge is -2.21. The van der Waals surface area contributed by atoms with E-state index in [0.717, 1.165) is 23.0 Å². The number of pyridine rings is 1. The van der Waals surface area contributed by atoms with E-state index in [1.54, 1.807) is 18.3 Å². The van der Waals surface area contributed by atoms with Crippen LogP contribution in [-0.2, 0) is 0 Å². The summed E-state index contributed by atoms with van der Waals surface area (Å²) in [4.78, 5) is 4.42. The number of phenolic OH excluding ortho intramolecular Hbond substituents is 1. The second-order valence-electron chi connectivity index (χ2n) is 5.24. The molecule has 0 radical (unpaired) electrons. The molecule has 0 amide bonds. The van der Waals surface area contributed by atoms with Gasteiger partial charge in [0, 0.05) is 17.6 Å². The van der Waals surface area contributed by atoms with Crippen LogP contribution < -0.4 is 11.1 Å². The van der Waals surface area contributed by atoms with Crippen LogP contribution in [0.5, 0.6) is 5.75 Å². The molecule has 0 spiro atoms. The third kappa shape index (κ3) is 2.36. The summed E-state index contributed by atoms with van der Waals surface area (Å²) >= 11 is 0. The van der Waals surface area contributed by atoms with Crippen molar-refractivity contribution in [2.75, 3.05) is 11.9 Å². The topological polar surface area (TPSA) is 71.2 Å². The van der Waals surface area contributed by atoms with Crippen LogP contribution in [0.2, 0.25) is 0 Å². The van der Waals surface area contributed by atoms with E-state index in [9.17, 15) is 5.11 Å². The minimum Gasteiger partial charge on any atom is -0.508 e. The number of nitrogens with zero attached hydrogens (tertiary/aromatic N) is 1. The number of anilines is 1. The highest BCUT2D eigenvalue weighted by atomic mass is 16.3. The van der Waals surface area contributed by atoms with E-state index in [2.05, 4.69) is 10.3 Å². The standard InChI is InChI=1S/C15H19N3O/c16-9-11-2-1-3-14(11)18-15-13-8-12(19)5-4-10(13)6-7-17-15/h4-8,11,14,19H,1-3,9,16H2,(H,17,18). The van der Waals surface area contributed by atoms with Crippen molar-refractivity contribution < 1.29 is 5.11 Å². The molecule has 3 rings (SSSR count). The Kier molecular flexibility index (Phi) is 3.25. The van der Waals surface area contributed by atoms with Gasteiger partial charge in [0.2, 0.25) is 0 Å². The number of phenols is 1. The van der Waals surface area contributed by atoms with Crippen LogP contribution in [0.15, 0.2) is 30.5 Å². The van der Waals surface area contributed by atoms with Crippen molar-refractivity contribution in [3.63, 3.8) is 0 Å². The van der Waals surface area contributed by atoms with Crippen LogP contribution in [0.25, 0.3) is 10.8 Å². The zero-order valence-electron chi connectivity index (χ0n) is 10.8. The second kappa shape index (κ2) is 5.05. The van der Waals surface area contributed by atoms with Gasteiger partial charge in [-0.2, -0.15) is 0 Å². The van der Waals surface area contributed by atoms with Crippen molar-refractivity contribution in [2.45, 2.75) is 25.3 Å². The van der Waals surface area contributed by atoms with Gasteiger partial charge >= 0.3 is 0 Å². The van der Waals surface area contributed by atoms with E-state index < -0.39 is 0 Å². The molecule has 0 bridgehead atoms. The number of aromatic hydroxyl groups is 1. The van der Waals surface area contributed by atoms with E-state index in [1.807, 2.05) is 12.1 Å². The lowest BCUT2D eigenvalue weighted by molar-refractivity contribution is 0.476. The fraction of sp³-hybridized carbons (Fsp3) is 0.400. The molecule has 2 atom stereocenters. The Morgan fingerprint density at radius 2 is 2.21 bits per heavy atom. The molecule has 1 fully saturated rings. The van der Waals surface area contributed by atoms with Gasteiger partial charge in [-0.1, -0.05) is 12.5 Å². The van der Waals surface area contributed by atoms with Gasteiger partial charge in [0.25, 0.3) is 0 Å². The number of benzene rings is 1. The predicted molar refractivity (Wildman–Crippen MR) is 77.2 cm³/mol. The lowest BCUT2D eigenvalue weighted by Crippen LogP contribution is -2.29. The number of fused-ring (bicyclic) bond motifs is 1. The van der Waals surface area contributed by atoms with Gasteiger partial charge in [-0.25, -0.2) is 4.98 Å². The smallest absolute Gasteiger partial charge is 0.134 e. The highest BCUT2D eigenvalue weighted by Crippen LogP contribution is 2.30. The van der Waals surface area contributed by atoms with Crippen LogP contribution in [0.4, 0.5) is 5.82 Å². The summed E-state index contributed by atoms with van der Waals surface area (Å²) in [6, 6.07) is 7.72. The van der Waals surface area contributed by atoms with Crippen molar-refractivity contribution in [3.8, 4) is 5.75 Å². The van der Waals surface area contributed by atoms with E-state index in [1.165, 1.54) is 12.8 Å². The Hall–Kier alpha value is -1.81. The molecule has 4 heteroatoms. The Bertz CT molecular complexity index is 585. The van der Waals surface area contributed by atoms with Gasteiger partial charge in [-0.05, 0) is 48.9 Å². The van der Waals surface area contributed by atoms with E-state index in [4.69, 9.17) is 5.73 Å². The minimum atomic E-state index is 0.269. The zero-order chi connectivity index (χ0) is 13.2.